The molecule has 2 saturated heterocycles. The Kier molecular flexibility index (Phi) is 3.14. The van der Waals surface area contributed by atoms with Crippen LogP contribution in [0, 0.1) is 6.92 Å². The number of hydrogen-bond acceptors (Lipinski definition) is 4. The normalized spacial score (nSPS) is 30.2. The molecular weight excluding hydrogens is 248 g/mol. The highest BCUT2D eigenvalue weighted by Crippen LogP contribution is 2.38. The van der Waals surface area contributed by atoms with Crippen molar-refractivity contribution in [1.82, 2.24) is 14.9 Å². The highest BCUT2D eigenvalue weighted by Gasteiger charge is 2.35. The molecule has 108 valence electrons. The van der Waals surface area contributed by atoms with Crippen molar-refractivity contribution >= 4 is 5.82 Å². The number of aryl methyl sites for hydroxylation is 1. The van der Waals surface area contributed by atoms with Crippen molar-refractivity contribution in [3.63, 3.8) is 0 Å². The number of rotatable bonds is 3. The summed E-state index contributed by atoms with van der Waals surface area (Å²) in [5.41, 5.74) is 1.10. The Morgan fingerprint density at radius 3 is 2.85 bits per heavy atom. The fourth-order valence-corrected chi connectivity index (χ4v) is 3.80. The lowest BCUT2D eigenvalue weighted by atomic mass is 9.99. The summed E-state index contributed by atoms with van der Waals surface area (Å²) in [6.45, 7) is 4.63. The number of nitrogens with zero attached hydrogens (tertiary/aromatic N) is 3. The largest absolute Gasteiger partial charge is 0.366 e. The molecule has 2 aliphatic heterocycles. The Hall–Kier alpha value is -1.16. The van der Waals surface area contributed by atoms with Gasteiger partial charge in [-0.05, 0) is 45.6 Å². The number of fused-ring (bicyclic) bond motifs is 1. The van der Waals surface area contributed by atoms with Gasteiger partial charge in [0.15, 0.2) is 0 Å². The molecular formula is C16H24N4. The molecule has 1 aliphatic carbocycles. The first-order valence-electron chi connectivity index (χ1n) is 8.16. The van der Waals surface area contributed by atoms with Crippen LogP contribution in [0.4, 0.5) is 5.82 Å². The molecule has 0 spiro atoms. The van der Waals surface area contributed by atoms with E-state index in [1.807, 2.05) is 0 Å². The van der Waals surface area contributed by atoms with Crippen molar-refractivity contribution in [2.45, 2.75) is 63.5 Å². The van der Waals surface area contributed by atoms with Gasteiger partial charge in [0.25, 0.3) is 0 Å². The van der Waals surface area contributed by atoms with Gasteiger partial charge in [-0.3, -0.25) is 4.90 Å². The number of piperidine rings is 1. The van der Waals surface area contributed by atoms with Crippen LogP contribution in [0.3, 0.4) is 0 Å². The first-order valence-corrected chi connectivity index (χ1v) is 8.16. The van der Waals surface area contributed by atoms with Crippen molar-refractivity contribution in [3.8, 4) is 0 Å². The van der Waals surface area contributed by atoms with Crippen LogP contribution in [-0.2, 0) is 0 Å². The SMILES string of the molecule is Cc1cc(NC2CCN3CCCCC23)nc(C2CC2)n1. The third kappa shape index (κ3) is 2.41. The van der Waals surface area contributed by atoms with Crippen molar-refractivity contribution < 1.29 is 0 Å². The number of anilines is 1. The van der Waals surface area contributed by atoms with Crippen LogP contribution >= 0.6 is 0 Å². The smallest absolute Gasteiger partial charge is 0.134 e. The molecule has 1 aromatic heterocycles. The van der Waals surface area contributed by atoms with Gasteiger partial charge in [0.05, 0.1) is 0 Å². The average Bonchev–Trinajstić information content (AvgIpc) is 3.22. The minimum atomic E-state index is 0.580. The van der Waals surface area contributed by atoms with Crippen LogP contribution in [0.25, 0.3) is 0 Å². The number of aromatic nitrogens is 2. The summed E-state index contributed by atoms with van der Waals surface area (Å²) in [6.07, 6.45) is 7.90. The maximum atomic E-state index is 4.76. The molecule has 2 unspecified atom stereocenters. The molecule has 3 aliphatic rings. The Morgan fingerprint density at radius 2 is 2.00 bits per heavy atom. The van der Waals surface area contributed by atoms with Crippen LogP contribution in [0.1, 0.15) is 56.0 Å². The van der Waals surface area contributed by atoms with E-state index in [-0.39, 0.29) is 0 Å². The molecule has 0 bridgehead atoms. The van der Waals surface area contributed by atoms with Crippen LogP contribution in [0.15, 0.2) is 6.07 Å². The summed E-state index contributed by atoms with van der Waals surface area (Å²) in [6, 6.07) is 3.41. The number of hydrogen-bond donors (Lipinski definition) is 1. The van der Waals surface area contributed by atoms with E-state index in [9.17, 15) is 0 Å². The summed E-state index contributed by atoms with van der Waals surface area (Å²) >= 11 is 0. The molecule has 4 nitrogen and oxygen atoms in total. The van der Waals surface area contributed by atoms with E-state index in [0.717, 1.165) is 23.4 Å². The zero-order valence-electron chi connectivity index (χ0n) is 12.3. The summed E-state index contributed by atoms with van der Waals surface area (Å²) < 4.78 is 0. The van der Waals surface area contributed by atoms with Gasteiger partial charge in [-0.15, -0.1) is 0 Å². The maximum absolute atomic E-state index is 4.76. The van der Waals surface area contributed by atoms with Crippen molar-refractivity contribution in [2.75, 3.05) is 18.4 Å². The highest BCUT2D eigenvalue weighted by atomic mass is 15.2. The zero-order chi connectivity index (χ0) is 13.5. The molecule has 0 radical (unpaired) electrons. The average molecular weight is 272 g/mol. The Morgan fingerprint density at radius 1 is 1.10 bits per heavy atom. The fraction of sp³-hybridized carbons (Fsp3) is 0.750. The molecule has 1 aromatic rings. The molecule has 3 heterocycles. The Labute approximate surface area is 121 Å². The monoisotopic (exact) mass is 272 g/mol. The van der Waals surface area contributed by atoms with Crippen molar-refractivity contribution in [3.05, 3.63) is 17.6 Å². The van der Waals surface area contributed by atoms with Crippen molar-refractivity contribution in [1.29, 1.82) is 0 Å². The second-order valence-corrected chi connectivity index (χ2v) is 6.67. The van der Waals surface area contributed by atoms with Crippen LogP contribution in [0.2, 0.25) is 0 Å². The summed E-state index contributed by atoms with van der Waals surface area (Å²) in [7, 11) is 0. The van der Waals surface area contributed by atoms with Crippen molar-refractivity contribution in [2.24, 2.45) is 0 Å². The quantitative estimate of drug-likeness (QED) is 0.918. The molecule has 1 saturated carbocycles. The van der Waals surface area contributed by atoms with E-state index in [1.165, 1.54) is 51.6 Å². The Balaban J connectivity index is 1.50. The lowest BCUT2D eigenvalue weighted by molar-refractivity contribution is 0.192. The lowest BCUT2D eigenvalue weighted by Gasteiger charge is -2.32. The minimum absolute atomic E-state index is 0.580. The second kappa shape index (κ2) is 4.99. The van der Waals surface area contributed by atoms with Gasteiger partial charge >= 0.3 is 0 Å². The van der Waals surface area contributed by atoms with Gasteiger partial charge in [0, 0.05) is 36.3 Å². The van der Waals surface area contributed by atoms with Crippen LogP contribution in [-0.4, -0.2) is 40.0 Å². The molecule has 0 aromatic carbocycles. The third-order valence-corrected chi connectivity index (χ3v) is 5.00. The minimum Gasteiger partial charge on any atom is -0.366 e. The fourth-order valence-electron chi connectivity index (χ4n) is 3.80. The summed E-state index contributed by atoms with van der Waals surface area (Å²) in [4.78, 5) is 12.0. The van der Waals surface area contributed by atoms with Crippen LogP contribution < -0.4 is 5.32 Å². The van der Waals surface area contributed by atoms with E-state index in [2.05, 4.69) is 28.2 Å². The Bertz CT molecular complexity index is 497. The van der Waals surface area contributed by atoms with E-state index >= 15 is 0 Å². The van der Waals surface area contributed by atoms with E-state index in [0.29, 0.717) is 12.0 Å². The summed E-state index contributed by atoms with van der Waals surface area (Å²) in [5.74, 6) is 2.74. The third-order valence-electron chi connectivity index (χ3n) is 5.00. The van der Waals surface area contributed by atoms with Gasteiger partial charge in [-0.2, -0.15) is 0 Å². The predicted molar refractivity (Wildman–Crippen MR) is 80.0 cm³/mol. The molecule has 20 heavy (non-hydrogen) atoms. The second-order valence-electron chi connectivity index (χ2n) is 6.67. The molecule has 3 fully saturated rings. The van der Waals surface area contributed by atoms with Gasteiger partial charge in [-0.25, -0.2) is 9.97 Å². The van der Waals surface area contributed by atoms with E-state index in [1.54, 1.807) is 0 Å². The van der Waals surface area contributed by atoms with Gasteiger partial charge < -0.3 is 5.32 Å². The molecule has 4 heteroatoms. The highest BCUT2D eigenvalue weighted by molar-refractivity contribution is 5.39. The van der Waals surface area contributed by atoms with E-state index < -0.39 is 0 Å². The lowest BCUT2D eigenvalue weighted by Crippen LogP contribution is -2.41. The van der Waals surface area contributed by atoms with Gasteiger partial charge in [0.2, 0.25) is 0 Å². The van der Waals surface area contributed by atoms with Gasteiger partial charge in [0.1, 0.15) is 11.6 Å². The topological polar surface area (TPSA) is 41.0 Å². The van der Waals surface area contributed by atoms with Gasteiger partial charge in [-0.1, -0.05) is 6.42 Å². The number of nitrogens with one attached hydrogen (secondary N) is 1. The standard InChI is InChI=1S/C16H24N4/c1-11-10-15(19-16(17-11)12-5-6-12)18-13-7-9-20-8-3-2-4-14(13)20/h10,12-14H,2-9H2,1H3,(H,17,18,19). The zero-order valence-corrected chi connectivity index (χ0v) is 12.3. The first kappa shape index (κ1) is 12.6. The van der Waals surface area contributed by atoms with E-state index in [4.69, 9.17) is 4.98 Å². The maximum Gasteiger partial charge on any atom is 0.134 e. The molecule has 4 rings (SSSR count). The van der Waals surface area contributed by atoms with Crippen LogP contribution in [0.5, 0.6) is 0 Å². The molecule has 2 atom stereocenters. The molecule has 0 amide bonds. The predicted octanol–water partition coefficient (Wildman–Crippen LogP) is 2.70. The first-order chi connectivity index (χ1) is 9.79. The molecule has 1 N–H and O–H groups in total. The summed E-state index contributed by atoms with van der Waals surface area (Å²) in [5, 5.41) is 3.71.